The highest BCUT2D eigenvalue weighted by atomic mass is 32.1. The summed E-state index contributed by atoms with van der Waals surface area (Å²) in [5.41, 5.74) is 2.37. The molecule has 0 saturated carbocycles. The molecule has 1 atom stereocenters. The van der Waals surface area contributed by atoms with Gasteiger partial charge in [-0.2, -0.15) is 0 Å². The number of aromatic nitrogens is 1. The largest absolute Gasteiger partial charge is 0.497 e. The van der Waals surface area contributed by atoms with E-state index in [1.54, 1.807) is 18.4 Å². The average molecular weight is 276 g/mol. The number of hydrogen-bond donors (Lipinski definition) is 1. The lowest BCUT2D eigenvalue weighted by atomic mass is 10.0. The minimum absolute atomic E-state index is 0.264. The van der Waals surface area contributed by atoms with Crippen molar-refractivity contribution < 1.29 is 4.74 Å². The molecule has 1 aromatic heterocycles. The standard InChI is InChI=1S/C15H20N2OS/c1-10-11(2)19-15(17-10)9-14(16-3)12-6-5-7-13(8-12)18-4/h5-8,14,16H,9H2,1-4H3. The molecule has 0 fully saturated rings. The number of benzene rings is 1. The quantitative estimate of drug-likeness (QED) is 0.910. The smallest absolute Gasteiger partial charge is 0.119 e. The van der Waals surface area contributed by atoms with Crippen molar-refractivity contribution in [1.29, 1.82) is 0 Å². The molecular weight excluding hydrogens is 256 g/mol. The Hall–Kier alpha value is -1.39. The van der Waals surface area contributed by atoms with Crippen LogP contribution in [0.1, 0.15) is 27.2 Å². The number of hydrogen-bond acceptors (Lipinski definition) is 4. The summed E-state index contributed by atoms with van der Waals surface area (Å²) in [7, 11) is 3.68. The van der Waals surface area contributed by atoms with Gasteiger partial charge in [-0.15, -0.1) is 11.3 Å². The van der Waals surface area contributed by atoms with E-state index >= 15 is 0 Å². The number of aryl methyl sites for hydroxylation is 2. The minimum atomic E-state index is 0.264. The van der Waals surface area contributed by atoms with Crippen molar-refractivity contribution >= 4 is 11.3 Å². The number of rotatable bonds is 5. The second kappa shape index (κ2) is 6.17. The Balaban J connectivity index is 2.19. The van der Waals surface area contributed by atoms with Gasteiger partial charge in [0.05, 0.1) is 17.8 Å². The first kappa shape index (κ1) is 14.0. The Morgan fingerprint density at radius 3 is 2.74 bits per heavy atom. The molecule has 2 aromatic rings. The Kier molecular flexibility index (Phi) is 4.56. The minimum Gasteiger partial charge on any atom is -0.497 e. The molecule has 0 aliphatic rings. The highest BCUT2D eigenvalue weighted by Crippen LogP contribution is 2.25. The van der Waals surface area contributed by atoms with Gasteiger partial charge in [-0.3, -0.25) is 0 Å². The molecule has 19 heavy (non-hydrogen) atoms. The molecule has 0 aliphatic carbocycles. The van der Waals surface area contributed by atoms with Crippen LogP contribution in [0.15, 0.2) is 24.3 Å². The summed E-state index contributed by atoms with van der Waals surface area (Å²) >= 11 is 1.78. The fraction of sp³-hybridized carbons (Fsp3) is 0.400. The van der Waals surface area contributed by atoms with Crippen molar-refractivity contribution in [3.05, 3.63) is 45.4 Å². The third-order valence-corrected chi connectivity index (χ3v) is 4.39. The Labute approximate surface area is 118 Å². The van der Waals surface area contributed by atoms with E-state index < -0.39 is 0 Å². The first-order valence-electron chi connectivity index (χ1n) is 6.38. The molecule has 3 nitrogen and oxygen atoms in total. The zero-order valence-electron chi connectivity index (χ0n) is 11.9. The summed E-state index contributed by atoms with van der Waals surface area (Å²) in [6.45, 7) is 4.19. The summed E-state index contributed by atoms with van der Waals surface area (Å²) in [6.07, 6.45) is 0.906. The first-order valence-corrected chi connectivity index (χ1v) is 7.19. The van der Waals surface area contributed by atoms with Crippen LogP contribution < -0.4 is 10.1 Å². The van der Waals surface area contributed by atoms with Crippen LogP contribution in [0.25, 0.3) is 0 Å². The van der Waals surface area contributed by atoms with Crippen molar-refractivity contribution in [3.63, 3.8) is 0 Å². The molecule has 102 valence electrons. The second-order valence-corrected chi connectivity index (χ2v) is 5.86. The molecule has 0 aliphatic heterocycles. The lowest BCUT2D eigenvalue weighted by Gasteiger charge is -2.16. The Morgan fingerprint density at radius 1 is 1.37 bits per heavy atom. The molecule has 2 rings (SSSR count). The fourth-order valence-electron chi connectivity index (χ4n) is 2.05. The van der Waals surface area contributed by atoms with Gasteiger partial charge in [0.15, 0.2) is 0 Å². The van der Waals surface area contributed by atoms with Crippen molar-refractivity contribution in [2.24, 2.45) is 0 Å². The summed E-state index contributed by atoms with van der Waals surface area (Å²) in [6, 6.07) is 8.45. The van der Waals surface area contributed by atoms with Gasteiger partial charge in [0.25, 0.3) is 0 Å². The van der Waals surface area contributed by atoms with Crippen LogP contribution in [0.2, 0.25) is 0 Å². The zero-order valence-corrected chi connectivity index (χ0v) is 12.7. The fourth-order valence-corrected chi connectivity index (χ4v) is 3.03. The Bertz CT molecular complexity index is 531. The van der Waals surface area contributed by atoms with Crippen LogP contribution in [-0.4, -0.2) is 19.1 Å². The maximum absolute atomic E-state index is 5.28. The van der Waals surface area contributed by atoms with Crippen molar-refractivity contribution in [1.82, 2.24) is 10.3 Å². The molecule has 1 N–H and O–H groups in total. The van der Waals surface area contributed by atoms with Crippen LogP contribution in [0.5, 0.6) is 5.75 Å². The first-order chi connectivity index (χ1) is 9.13. The van der Waals surface area contributed by atoms with E-state index in [1.165, 1.54) is 15.4 Å². The summed E-state index contributed by atoms with van der Waals surface area (Å²) in [4.78, 5) is 5.91. The molecule has 0 amide bonds. The lowest BCUT2D eigenvalue weighted by molar-refractivity contribution is 0.413. The van der Waals surface area contributed by atoms with Gasteiger partial charge >= 0.3 is 0 Å². The van der Waals surface area contributed by atoms with Gasteiger partial charge < -0.3 is 10.1 Å². The summed E-state index contributed by atoms with van der Waals surface area (Å²) < 4.78 is 5.28. The van der Waals surface area contributed by atoms with Crippen LogP contribution in [0, 0.1) is 13.8 Å². The second-order valence-electron chi connectivity index (χ2n) is 4.57. The van der Waals surface area contributed by atoms with Gasteiger partial charge in [0.1, 0.15) is 5.75 Å². The monoisotopic (exact) mass is 276 g/mol. The maximum atomic E-state index is 5.28. The number of nitrogens with one attached hydrogen (secondary N) is 1. The summed E-state index contributed by atoms with van der Waals surface area (Å²) in [5, 5.41) is 4.54. The highest BCUT2D eigenvalue weighted by Gasteiger charge is 2.14. The maximum Gasteiger partial charge on any atom is 0.119 e. The predicted molar refractivity (Wildman–Crippen MR) is 80.1 cm³/mol. The molecule has 0 saturated heterocycles. The van der Waals surface area contributed by atoms with E-state index in [1.807, 2.05) is 19.2 Å². The molecular formula is C15H20N2OS. The Morgan fingerprint density at radius 2 is 2.16 bits per heavy atom. The molecule has 0 radical (unpaired) electrons. The number of nitrogens with zero attached hydrogens (tertiary/aromatic N) is 1. The lowest BCUT2D eigenvalue weighted by Crippen LogP contribution is -2.18. The third kappa shape index (κ3) is 3.33. The van der Waals surface area contributed by atoms with Gasteiger partial charge in [-0.1, -0.05) is 12.1 Å². The van der Waals surface area contributed by atoms with Crippen LogP contribution in [0.4, 0.5) is 0 Å². The third-order valence-electron chi connectivity index (χ3n) is 3.30. The van der Waals surface area contributed by atoms with Crippen molar-refractivity contribution in [2.75, 3.05) is 14.2 Å². The SMILES string of the molecule is CNC(Cc1nc(C)c(C)s1)c1cccc(OC)c1. The number of ether oxygens (including phenoxy) is 1. The van der Waals surface area contributed by atoms with Gasteiger partial charge in [0.2, 0.25) is 0 Å². The normalized spacial score (nSPS) is 12.4. The van der Waals surface area contributed by atoms with Crippen molar-refractivity contribution in [2.45, 2.75) is 26.3 Å². The van der Waals surface area contributed by atoms with Gasteiger partial charge in [0, 0.05) is 17.3 Å². The predicted octanol–water partition coefficient (Wildman–Crippen LogP) is 3.27. The van der Waals surface area contributed by atoms with Crippen LogP contribution in [0.3, 0.4) is 0 Å². The zero-order chi connectivity index (χ0) is 13.8. The average Bonchev–Trinajstić information content (AvgIpc) is 2.75. The van der Waals surface area contributed by atoms with E-state index in [2.05, 4.69) is 36.3 Å². The molecule has 1 heterocycles. The van der Waals surface area contributed by atoms with E-state index in [9.17, 15) is 0 Å². The molecule has 4 heteroatoms. The van der Waals surface area contributed by atoms with Gasteiger partial charge in [-0.05, 0) is 38.6 Å². The number of thiazole rings is 1. The number of methoxy groups -OCH3 is 1. The van der Waals surface area contributed by atoms with E-state index in [-0.39, 0.29) is 6.04 Å². The van der Waals surface area contributed by atoms with E-state index in [0.29, 0.717) is 0 Å². The van der Waals surface area contributed by atoms with Crippen molar-refractivity contribution in [3.8, 4) is 5.75 Å². The van der Waals surface area contributed by atoms with Crippen LogP contribution >= 0.6 is 11.3 Å². The molecule has 1 unspecified atom stereocenters. The molecule has 1 aromatic carbocycles. The van der Waals surface area contributed by atoms with Crippen LogP contribution in [-0.2, 0) is 6.42 Å². The number of likely N-dealkylation sites (N-methyl/N-ethyl adjacent to an activating group) is 1. The van der Waals surface area contributed by atoms with E-state index in [0.717, 1.165) is 17.9 Å². The molecule has 0 spiro atoms. The molecule has 0 bridgehead atoms. The topological polar surface area (TPSA) is 34.2 Å². The summed E-state index contributed by atoms with van der Waals surface area (Å²) in [5.74, 6) is 0.893. The highest BCUT2D eigenvalue weighted by molar-refractivity contribution is 7.11. The van der Waals surface area contributed by atoms with Gasteiger partial charge in [-0.25, -0.2) is 4.98 Å². The van der Waals surface area contributed by atoms with E-state index in [4.69, 9.17) is 4.74 Å².